The highest BCUT2D eigenvalue weighted by atomic mass is 32.2. The fourth-order valence-corrected chi connectivity index (χ4v) is 2.16. The summed E-state index contributed by atoms with van der Waals surface area (Å²) < 4.78 is 50.5. The molecule has 16 heavy (non-hydrogen) atoms. The summed E-state index contributed by atoms with van der Waals surface area (Å²) in [4.78, 5) is -0.509. The Labute approximate surface area is 92.0 Å². The number of hydrogen-bond donors (Lipinski definition) is 2. The average molecular weight is 251 g/mol. The van der Waals surface area contributed by atoms with Gasteiger partial charge in [-0.2, -0.15) is 0 Å². The van der Waals surface area contributed by atoms with Gasteiger partial charge in [0.25, 0.3) is 0 Å². The summed E-state index contributed by atoms with van der Waals surface area (Å²) in [5.74, 6) is -1.95. The zero-order valence-electron chi connectivity index (χ0n) is 8.44. The lowest BCUT2D eigenvalue weighted by Gasteiger charge is -2.08. The first-order valence-electron chi connectivity index (χ1n) is 4.45. The Hall–Kier alpha value is -1.05. The second-order valence-corrected chi connectivity index (χ2v) is 5.07. The molecule has 0 amide bonds. The van der Waals surface area contributed by atoms with Gasteiger partial charge in [-0.3, -0.25) is 0 Å². The van der Waals surface area contributed by atoms with Gasteiger partial charge in [0, 0.05) is 12.6 Å². The summed E-state index contributed by atoms with van der Waals surface area (Å²) in [7, 11) is -3.99. The highest BCUT2D eigenvalue weighted by molar-refractivity contribution is 7.89. The number of benzene rings is 1. The Bertz CT molecular complexity index is 453. The van der Waals surface area contributed by atoms with Crippen molar-refractivity contribution < 1.29 is 22.3 Å². The van der Waals surface area contributed by atoms with E-state index in [1.54, 1.807) is 0 Å². The number of halogens is 2. The van der Waals surface area contributed by atoms with Crippen molar-refractivity contribution in [3.8, 4) is 0 Å². The lowest BCUT2D eigenvalue weighted by molar-refractivity contribution is 0.198. The van der Waals surface area contributed by atoms with Crippen LogP contribution in [-0.4, -0.2) is 26.2 Å². The van der Waals surface area contributed by atoms with Gasteiger partial charge in [-0.15, -0.1) is 0 Å². The number of nitrogens with one attached hydrogen (secondary N) is 1. The van der Waals surface area contributed by atoms with E-state index in [2.05, 4.69) is 0 Å². The molecule has 0 saturated carbocycles. The van der Waals surface area contributed by atoms with Crippen LogP contribution in [0.2, 0.25) is 0 Å². The van der Waals surface area contributed by atoms with E-state index in [4.69, 9.17) is 5.11 Å². The van der Waals surface area contributed by atoms with Crippen molar-refractivity contribution in [3.05, 3.63) is 29.8 Å². The maximum Gasteiger partial charge on any atom is 0.240 e. The Morgan fingerprint density at radius 3 is 2.25 bits per heavy atom. The van der Waals surface area contributed by atoms with Crippen LogP contribution in [0.1, 0.15) is 6.92 Å². The number of sulfonamides is 1. The summed E-state index contributed by atoms with van der Waals surface area (Å²) in [5, 5.41) is 8.90. The molecule has 0 radical (unpaired) electrons. The van der Waals surface area contributed by atoms with Crippen molar-refractivity contribution in [1.29, 1.82) is 0 Å². The van der Waals surface area contributed by atoms with Gasteiger partial charge in [-0.25, -0.2) is 21.9 Å². The number of aliphatic hydroxyl groups excluding tert-OH is 1. The van der Waals surface area contributed by atoms with Crippen molar-refractivity contribution in [1.82, 2.24) is 4.72 Å². The van der Waals surface area contributed by atoms with Gasteiger partial charge in [0.1, 0.15) is 11.6 Å². The minimum absolute atomic E-state index is 0.222. The van der Waals surface area contributed by atoms with E-state index in [-0.39, 0.29) is 6.54 Å². The third kappa shape index (κ3) is 3.51. The third-order valence-electron chi connectivity index (χ3n) is 1.72. The molecule has 0 unspecified atom stereocenters. The van der Waals surface area contributed by atoms with Gasteiger partial charge in [0.05, 0.1) is 11.0 Å². The summed E-state index contributed by atoms with van der Waals surface area (Å²) >= 11 is 0. The Kier molecular flexibility index (Phi) is 3.95. The minimum atomic E-state index is -3.99. The lowest BCUT2D eigenvalue weighted by atomic mass is 10.3. The molecule has 0 heterocycles. The first-order valence-corrected chi connectivity index (χ1v) is 5.93. The van der Waals surface area contributed by atoms with E-state index in [9.17, 15) is 17.2 Å². The van der Waals surface area contributed by atoms with E-state index in [1.165, 1.54) is 6.92 Å². The molecule has 0 aromatic heterocycles. The smallest absolute Gasteiger partial charge is 0.240 e. The first-order chi connectivity index (χ1) is 7.31. The largest absolute Gasteiger partial charge is 0.392 e. The summed E-state index contributed by atoms with van der Waals surface area (Å²) in [6.07, 6.45) is -0.881. The monoisotopic (exact) mass is 251 g/mol. The minimum Gasteiger partial charge on any atom is -0.392 e. The van der Waals surface area contributed by atoms with Crippen LogP contribution in [0.4, 0.5) is 8.78 Å². The molecule has 1 rings (SSSR count). The van der Waals surface area contributed by atoms with Crippen molar-refractivity contribution in [2.75, 3.05) is 6.54 Å². The molecule has 0 aliphatic heterocycles. The fraction of sp³-hybridized carbons (Fsp3) is 0.333. The molecule has 0 bridgehead atoms. The maximum absolute atomic E-state index is 12.8. The van der Waals surface area contributed by atoms with E-state index in [0.29, 0.717) is 18.2 Å². The van der Waals surface area contributed by atoms with Crippen LogP contribution in [-0.2, 0) is 10.0 Å². The number of aliphatic hydroxyl groups is 1. The molecule has 2 N–H and O–H groups in total. The van der Waals surface area contributed by atoms with Crippen LogP contribution in [0.3, 0.4) is 0 Å². The van der Waals surface area contributed by atoms with Gasteiger partial charge < -0.3 is 5.11 Å². The highest BCUT2D eigenvalue weighted by Crippen LogP contribution is 2.13. The van der Waals surface area contributed by atoms with Crippen molar-refractivity contribution in [2.45, 2.75) is 17.9 Å². The fourth-order valence-electron chi connectivity index (χ4n) is 0.997. The predicted octanol–water partition coefficient (Wildman–Crippen LogP) is 0.624. The van der Waals surface area contributed by atoms with Crippen LogP contribution >= 0.6 is 0 Å². The Morgan fingerprint density at radius 1 is 1.31 bits per heavy atom. The topological polar surface area (TPSA) is 66.4 Å². The molecular weight excluding hydrogens is 240 g/mol. The van der Waals surface area contributed by atoms with E-state index >= 15 is 0 Å². The Morgan fingerprint density at radius 2 is 1.81 bits per heavy atom. The van der Waals surface area contributed by atoms with Gasteiger partial charge in [0.2, 0.25) is 10.0 Å². The molecular formula is C9H11F2NO3S. The standard InChI is InChI=1S/C9H11F2NO3S/c1-6(13)5-12-16(14,15)9-3-7(10)2-8(11)4-9/h2-4,6,12-13H,5H2,1H3/t6-/m0/s1. The zero-order valence-corrected chi connectivity index (χ0v) is 9.26. The van der Waals surface area contributed by atoms with E-state index < -0.39 is 32.7 Å². The van der Waals surface area contributed by atoms with E-state index in [1.807, 2.05) is 4.72 Å². The van der Waals surface area contributed by atoms with Crippen molar-refractivity contribution in [2.24, 2.45) is 0 Å². The molecule has 1 aromatic rings. The third-order valence-corrected chi connectivity index (χ3v) is 3.12. The lowest BCUT2D eigenvalue weighted by Crippen LogP contribution is -2.30. The van der Waals surface area contributed by atoms with Crippen molar-refractivity contribution in [3.63, 3.8) is 0 Å². The number of rotatable bonds is 4. The second-order valence-electron chi connectivity index (χ2n) is 3.31. The van der Waals surface area contributed by atoms with E-state index in [0.717, 1.165) is 0 Å². The molecule has 90 valence electrons. The van der Waals surface area contributed by atoms with Gasteiger partial charge >= 0.3 is 0 Å². The first kappa shape index (κ1) is 13.0. The molecule has 1 aromatic carbocycles. The number of hydrogen-bond acceptors (Lipinski definition) is 3. The van der Waals surface area contributed by atoms with Crippen LogP contribution in [0.15, 0.2) is 23.1 Å². The summed E-state index contributed by atoms with van der Waals surface area (Å²) in [5.41, 5.74) is 0. The summed E-state index contributed by atoms with van der Waals surface area (Å²) in [6.45, 7) is 1.16. The van der Waals surface area contributed by atoms with Crippen molar-refractivity contribution >= 4 is 10.0 Å². The molecule has 7 heteroatoms. The maximum atomic E-state index is 12.8. The van der Waals surface area contributed by atoms with Gasteiger partial charge in [-0.1, -0.05) is 0 Å². The van der Waals surface area contributed by atoms with Crippen LogP contribution in [0.25, 0.3) is 0 Å². The molecule has 4 nitrogen and oxygen atoms in total. The average Bonchev–Trinajstić information content (AvgIpc) is 2.13. The van der Waals surface area contributed by atoms with Crippen LogP contribution < -0.4 is 4.72 Å². The summed E-state index contributed by atoms with van der Waals surface area (Å²) in [6, 6.07) is 1.98. The van der Waals surface area contributed by atoms with Crippen LogP contribution in [0.5, 0.6) is 0 Å². The highest BCUT2D eigenvalue weighted by Gasteiger charge is 2.16. The molecule has 0 saturated heterocycles. The Balaban J connectivity index is 2.98. The predicted molar refractivity (Wildman–Crippen MR) is 53.2 cm³/mol. The zero-order chi connectivity index (χ0) is 12.3. The molecule has 0 aliphatic carbocycles. The second kappa shape index (κ2) is 4.86. The van der Waals surface area contributed by atoms with Gasteiger partial charge in [0.15, 0.2) is 0 Å². The molecule has 0 spiro atoms. The normalized spacial score (nSPS) is 13.8. The molecule has 0 fully saturated rings. The van der Waals surface area contributed by atoms with Crippen LogP contribution in [0, 0.1) is 11.6 Å². The van der Waals surface area contributed by atoms with Gasteiger partial charge in [-0.05, 0) is 19.1 Å². The molecule has 0 aliphatic rings. The molecule has 1 atom stereocenters. The SMILES string of the molecule is C[C@H](O)CNS(=O)(=O)c1cc(F)cc(F)c1. The quantitative estimate of drug-likeness (QED) is 0.824.